The summed E-state index contributed by atoms with van der Waals surface area (Å²) in [5.41, 5.74) is 7.33. The Morgan fingerprint density at radius 2 is 2.00 bits per heavy atom. The van der Waals surface area contributed by atoms with Gasteiger partial charge >= 0.3 is 0 Å². The number of nitrogen functional groups attached to an aromatic ring is 1. The third kappa shape index (κ3) is 2.61. The molecule has 1 fully saturated rings. The third-order valence-corrected chi connectivity index (χ3v) is 3.08. The average Bonchev–Trinajstić information content (AvgIpc) is 2.79. The Bertz CT molecular complexity index is 370. The average molecular weight is 218 g/mol. The van der Waals surface area contributed by atoms with E-state index in [1.54, 1.807) is 0 Å². The molecule has 2 rings (SSSR count). The Labute approximate surface area is 96.1 Å². The highest BCUT2D eigenvalue weighted by Crippen LogP contribution is 2.22. The van der Waals surface area contributed by atoms with Crippen molar-refractivity contribution in [2.75, 3.05) is 0 Å². The molecule has 0 bridgehead atoms. The lowest BCUT2D eigenvalue weighted by Gasteiger charge is -2.13. The van der Waals surface area contributed by atoms with Crippen LogP contribution in [0.15, 0.2) is 24.3 Å². The number of benzene rings is 1. The molecule has 16 heavy (non-hydrogen) atoms. The van der Waals surface area contributed by atoms with Gasteiger partial charge in [0.2, 0.25) is 0 Å². The predicted molar refractivity (Wildman–Crippen MR) is 64.5 cm³/mol. The van der Waals surface area contributed by atoms with E-state index in [0.29, 0.717) is 12.7 Å². The van der Waals surface area contributed by atoms with Gasteiger partial charge in [-0.1, -0.05) is 37.1 Å². The van der Waals surface area contributed by atoms with Crippen LogP contribution >= 0.6 is 0 Å². The number of nitrogens with two attached hydrogens (primary N) is 1. The van der Waals surface area contributed by atoms with Crippen molar-refractivity contribution in [3.05, 3.63) is 35.4 Å². The van der Waals surface area contributed by atoms with E-state index in [1.807, 2.05) is 24.3 Å². The second kappa shape index (κ2) is 5.12. The molecule has 0 unspecified atom stereocenters. The summed E-state index contributed by atoms with van der Waals surface area (Å²) in [4.78, 5) is 0. The summed E-state index contributed by atoms with van der Waals surface area (Å²) >= 11 is 0. The van der Waals surface area contributed by atoms with E-state index in [1.165, 1.54) is 25.7 Å². The quantitative estimate of drug-likeness (QED) is 0.602. The highest BCUT2D eigenvalue weighted by molar-refractivity contribution is 5.96. The van der Waals surface area contributed by atoms with Crippen molar-refractivity contribution >= 4 is 5.84 Å². The fourth-order valence-electron chi connectivity index (χ4n) is 2.17. The van der Waals surface area contributed by atoms with E-state index < -0.39 is 0 Å². The Balaban J connectivity index is 2.00. The summed E-state index contributed by atoms with van der Waals surface area (Å²) in [5.74, 6) is 0.116. The van der Waals surface area contributed by atoms with Gasteiger partial charge in [-0.15, -0.1) is 0 Å². The minimum Gasteiger partial charge on any atom is -0.384 e. The zero-order valence-corrected chi connectivity index (χ0v) is 9.41. The topological polar surface area (TPSA) is 59.1 Å². The maximum Gasteiger partial charge on any atom is 0.123 e. The molecule has 1 aromatic carbocycles. The van der Waals surface area contributed by atoms with Gasteiger partial charge in [-0.2, -0.15) is 0 Å². The van der Waals surface area contributed by atoms with Crippen molar-refractivity contribution in [3.8, 4) is 0 Å². The molecule has 1 aliphatic rings. The molecule has 0 atom stereocenters. The second-order valence-electron chi connectivity index (χ2n) is 4.29. The van der Waals surface area contributed by atoms with Crippen molar-refractivity contribution in [3.63, 3.8) is 0 Å². The molecule has 86 valence electrons. The first-order valence-electron chi connectivity index (χ1n) is 5.81. The van der Waals surface area contributed by atoms with Gasteiger partial charge in [0.25, 0.3) is 0 Å². The van der Waals surface area contributed by atoms with Crippen LogP contribution in [0.5, 0.6) is 0 Å². The first-order chi connectivity index (χ1) is 7.77. The Morgan fingerprint density at radius 3 is 2.69 bits per heavy atom. The first kappa shape index (κ1) is 11.1. The Hall–Kier alpha value is -1.35. The summed E-state index contributed by atoms with van der Waals surface area (Å²) in [6.45, 7) is 0.570. The maximum absolute atomic E-state index is 7.49. The standard InChI is InChI=1S/C13H18N2O/c14-13(15)12-8-4-1-5-10(12)9-16-11-6-2-3-7-11/h1,4-5,8,11H,2-3,6-7,9H2,(H3,14,15). The highest BCUT2D eigenvalue weighted by Gasteiger charge is 2.16. The van der Waals surface area contributed by atoms with Crippen LogP contribution in [0.25, 0.3) is 0 Å². The van der Waals surface area contributed by atoms with Crippen LogP contribution in [-0.4, -0.2) is 11.9 Å². The number of hydrogen-bond donors (Lipinski definition) is 2. The number of ether oxygens (including phenoxy) is 1. The smallest absolute Gasteiger partial charge is 0.123 e. The molecule has 0 amide bonds. The lowest BCUT2D eigenvalue weighted by Crippen LogP contribution is -2.15. The van der Waals surface area contributed by atoms with E-state index >= 15 is 0 Å². The molecule has 1 aliphatic carbocycles. The lowest BCUT2D eigenvalue weighted by molar-refractivity contribution is 0.0456. The Kier molecular flexibility index (Phi) is 3.57. The fourth-order valence-corrected chi connectivity index (χ4v) is 2.17. The molecule has 0 aromatic heterocycles. The molecule has 0 heterocycles. The maximum atomic E-state index is 7.49. The normalized spacial score (nSPS) is 16.5. The molecule has 0 aliphatic heterocycles. The van der Waals surface area contributed by atoms with Gasteiger partial charge in [0.15, 0.2) is 0 Å². The molecule has 0 radical (unpaired) electrons. The summed E-state index contributed by atoms with van der Waals surface area (Å²) in [5, 5.41) is 7.49. The molecule has 0 saturated heterocycles. The van der Waals surface area contributed by atoms with E-state index in [0.717, 1.165) is 11.1 Å². The number of hydrogen-bond acceptors (Lipinski definition) is 2. The van der Waals surface area contributed by atoms with Crippen molar-refractivity contribution < 1.29 is 4.74 Å². The van der Waals surface area contributed by atoms with E-state index in [4.69, 9.17) is 15.9 Å². The van der Waals surface area contributed by atoms with Crippen molar-refractivity contribution in [1.29, 1.82) is 5.41 Å². The number of nitrogens with one attached hydrogen (secondary N) is 1. The molecule has 0 spiro atoms. The van der Waals surface area contributed by atoms with Gasteiger partial charge in [0, 0.05) is 5.56 Å². The minimum absolute atomic E-state index is 0.116. The van der Waals surface area contributed by atoms with E-state index in [-0.39, 0.29) is 5.84 Å². The third-order valence-electron chi connectivity index (χ3n) is 3.08. The van der Waals surface area contributed by atoms with Gasteiger partial charge in [0.05, 0.1) is 12.7 Å². The van der Waals surface area contributed by atoms with Gasteiger partial charge in [-0.3, -0.25) is 5.41 Å². The molecule has 1 saturated carbocycles. The fraction of sp³-hybridized carbons (Fsp3) is 0.462. The molecule has 3 N–H and O–H groups in total. The molecule has 1 aromatic rings. The zero-order chi connectivity index (χ0) is 11.4. The van der Waals surface area contributed by atoms with Crippen LogP contribution in [-0.2, 0) is 11.3 Å². The van der Waals surface area contributed by atoms with Gasteiger partial charge in [0.1, 0.15) is 5.84 Å². The summed E-state index contributed by atoms with van der Waals surface area (Å²) in [6.07, 6.45) is 5.29. The summed E-state index contributed by atoms with van der Waals surface area (Å²) in [6, 6.07) is 7.71. The first-order valence-corrected chi connectivity index (χ1v) is 5.81. The van der Waals surface area contributed by atoms with Crippen molar-refractivity contribution in [1.82, 2.24) is 0 Å². The van der Waals surface area contributed by atoms with Crippen LogP contribution in [0, 0.1) is 5.41 Å². The molecule has 3 heteroatoms. The van der Waals surface area contributed by atoms with Crippen LogP contribution in [0.2, 0.25) is 0 Å². The molecular weight excluding hydrogens is 200 g/mol. The minimum atomic E-state index is 0.116. The van der Waals surface area contributed by atoms with Crippen LogP contribution in [0.1, 0.15) is 36.8 Å². The van der Waals surface area contributed by atoms with Gasteiger partial charge in [-0.05, 0) is 18.4 Å². The predicted octanol–water partition coefficient (Wildman–Crippen LogP) is 2.43. The monoisotopic (exact) mass is 218 g/mol. The van der Waals surface area contributed by atoms with Crippen molar-refractivity contribution in [2.24, 2.45) is 5.73 Å². The Morgan fingerprint density at radius 1 is 1.31 bits per heavy atom. The van der Waals surface area contributed by atoms with Crippen molar-refractivity contribution in [2.45, 2.75) is 38.4 Å². The van der Waals surface area contributed by atoms with Gasteiger partial charge < -0.3 is 10.5 Å². The van der Waals surface area contributed by atoms with E-state index in [9.17, 15) is 0 Å². The summed E-state index contributed by atoms with van der Waals surface area (Å²) in [7, 11) is 0. The number of rotatable bonds is 4. The number of amidine groups is 1. The van der Waals surface area contributed by atoms with Gasteiger partial charge in [-0.25, -0.2) is 0 Å². The second-order valence-corrected chi connectivity index (χ2v) is 4.29. The largest absolute Gasteiger partial charge is 0.384 e. The van der Waals surface area contributed by atoms with E-state index in [2.05, 4.69) is 0 Å². The highest BCUT2D eigenvalue weighted by atomic mass is 16.5. The van der Waals surface area contributed by atoms with Crippen LogP contribution in [0.4, 0.5) is 0 Å². The summed E-state index contributed by atoms with van der Waals surface area (Å²) < 4.78 is 5.83. The molecular formula is C13H18N2O. The SMILES string of the molecule is N=C(N)c1ccccc1COC1CCCC1. The zero-order valence-electron chi connectivity index (χ0n) is 9.41. The molecule has 3 nitrogen and oxygen atoms in total. The lowest BCUT2D eigenvalue weighted by atomic mass is 10.1. The van der Waals surface area contributed by atoms with Crippen LogP contribution in [0.3, 0.4) is 0 Å². The van der Waals surface area contributed by atoms with Crippen LogP contribution < -0.4 is 5.73 Å².